The van der Waals surface area contributed by atoms with Crippen molar-refractivity contribution in [3.05, 3.63) is 63.3 Å². The topological polar surface area (TPSA) is 111 Å². The molecule has 0 bridgehead atoms. The van der Waals surface area contributed by atoms with Crippen molar-refractivity contribution in [2.24, 2.45) is 0 Å². The van der Waals surface area contributed by atoms with Gasteiger partial charge in [-0.15, -0.1) is 0 Å². The maximum absolute atomic E-state index is 12.8. The molecule has 0 radical (unpaired) electrons. The summed E-state index contributed by atoms with van der Waals surface area (Å²) in [5.41, 5.74) is -0.956. The molecular weight excluding hydrogens is 329 g/mol. The number of amides is 2. The first-order chi connectivity index (χ1) is 11.8. The van der Waals surface area contributed by atoms with E-state index in [-0.39, 0.29) is 23.8 Å². The smallest absolute Gasteiger partial charge is 0.271 e. The zero-order valence-corrected chi connectivity index (χ0v) is 13.7. The number of benzene rings is 1. The third kappa shape index (κ3) is 4.43. The summed E-state index contributed by atoms with van der Waals surface area (Å²) in [5, 5.41) is 14.9. The highest BCUT2D eigenvalue weighted by atomic mass is 19.1. The zero-order chi connectivity index (χ0) is 18.6. The summed E-state index contributed by atoms with van der Waals surface area (Å²) in [6.07, 6.45) is 1.07. The lowest BCUT2D eigenvalue weighted by Gasteiger charge is -2.10. The number of carbonyl (C=O) groups is 2. The number of halogens is 1. The molecule has 2 amide bonds. The molecule has 0 atom stereocenters. The molecule has 1 heterocycles. The second kappa shape index (κ2) is 7.61. The van der Waals surface area contributed by atoms with E-state index in [1.54, 1.807) is 13.8 Å². The first-order valence-corrected chi connectivity index (χ1v) is 7.57. The second-order valence-electron chi connectivity index (χ2n) is 5.69. The molecule has 8 heteroatoms. The first-order valence-electron chi connectivity index (χ1n) is 7.57. The number of carbonyl (C=O) groups excluding carboxylic acids is 2. The summed E-state index contributed by atoms with van der Waals surface area (Å²) in [4.78, 5) is 38.6. The summed E-state index contributed by atoms with van der Waals surface area (Å²) in [6.45, 7) is 3.53. The molecule has 2 rings (SSSR count). The van der Waals surface area contributed by atoms with Gasteiger partial charge in [0, 0.05) is 18.8 Å². The molecule has 0 aliphatic carbocycles. The van der Waals surface area contributed by atoms with E-state index in [4.69, 9.17) is 0 Å². The minimum Gasteiger partial charge on any atom is -0.503 e. The number of aromatic amines is 1. The highest BCUT2D eigenvalue weighted by Crippen LogP contribution is 2.10. The Labute approximate surface area is 142 Å². The number of pyridine rings is 1. The molecule has 0 unspecified atom stereocenters. The Morgan fingerprint density at radius 1 is 1.20 bits per heavy atom. The first kappa shape index (κ1) is 18.2. The van der Waals surface area contributed by atoms with Gasteiger partial charge in [0.05, 0.1) is 0 Å². The Kier molecular flexibility index (Phi) is 5.53. The van der Waals surface area contributed by atoms with Gasteiger partial charge in [0.15, 0.2) is 11.4 Å². The van der Waals surface area contributed by atoms with Crippen LogP contribution in [-0.4, -0.2) is 27.9 Å². The molecule has 2 aromatic rings. The van der Waals surface area contributed by atoms with Gasteiger partial charge in [-0.3, -0.25) is 14.4 Å². The fraction of sp³-hybridized carbons (Fsp3) is 0.235. The van der Waals surface area contributed by atoms with E-state index in [0.29, 0.717) is 5.56 Å². The molecule has 0 saturated heterocycles. The summed E-state index contributed by atoms with van der Waals surface area (Å²) < 4.78 is 12.8. The highest BCUT2D eigenvalue weighted by Gasteiger charge is 2.20. The van der Waals surface area contributed by atoms with Crippen molar-refractivity contribution in [1.82, 2.24) is 15.6 Å². The van der Waals surface area contributed by atoms with Crippen LogP contribution in [0.15, 0.2) is 35.3 Å². The van der Waals surface area contributed by atoms with Gasteiger partial charge in [0.1, 0.15) is 11.4 Å². The molecule has 1 aromatic heterocycles. The average molecular weight is 347 g/mol. The Bertz CT molecular complexity index is 844. The Balaban J connectivity index is 2.15. The lowest BCUT2D eigenvalue weighted by Crippen LogP contribution is -2.33. The molecule has 0 saturated carbocycles. The Morgan fingerprint density at radius 2 is 1.84 bits per heavy atom. The molecule has 0 aliphatic heterocycles. The van der Waals surface area contributed by atoms with E-state index in [2.05, 4.69) is 15.6 Å². The fourth-order valence-electron chi connectivity index (χ4n) is 2.08. The lowest BCUT2D eigenvalue weighted by molar-refractivity contribution is 0.0925. The molecule has 4 N–H and O–H groups in total. The van der Waals surface area contributed by atoms with Crippen LogP contribution in [-0.2, 0) is 6.54 Å². The van der Waals surface area contributed by atoms with Gasteiger partial charge in [0.2, 0.25) is 5.43 Å². The normalized spacial score (nSPS) is 10.6. The van der Waals surface area contributed by atoms with Gasteiger partial charge >= 0.3 is 0 Å². The predicted octanol–water partition coefficient (Wildman–Crippen LogP) is 1.29. The summed E-state index contributed by atoms with van der Waals surface area (Å²) in [6, 6.07) is 5.31. The molecule has 1 aromatic carbocycles. The van der Waals surface area contributed by atoms with Crippen LogP contribution in [0.3, 0.4) is 0 Å². The van der Waals surface area contributed by atoms with Crippen molar-refractivity contribution >= 4 is 11.8 Å². The van der Waals surface area contributed by atoms with Crippen molar-refractivity contribution in [2.75, 3.05) is 0 Å². The summed E-state index contributed by atoms with van der Waals surface area (Å²) in [5.74, 6) is -2.60. The van der Waals surface area contributed by atoms with Crippen molar-refractivity contribution in [3.8, 4) is 5.75 Å². The van der Waals surface area contributed by atoms with Gasteiger partial charge < -0.3 is 20.7 Å². The van der Waals surface area contributed by atoms with Gasteiger partial charge in [-0.25, -0.2) is 4.39 Å². The van der Waals surface area contributed by atoms with Gasteiger partial charge in [-0.1, -0.05) is 12.1 Å². The second-order valence-corrected chi connectivity index (χ2v) is 5.69. The quantitative estimate of drug-likeness (QED) is 0.653. The molecular formula is C17H18FN3O4. The molecule has 0 aliphatic rings. The van der Waals surface area contributed by atoms with Crippen molar-refractivity contribution in [3.63, 3.8) is 0 Å². The van der Waals surface area contributed by atoms with Crippen LogP contribution < -0.4 is 16.1 Å². The van der Waals surface area contributed by atoms with Crippen LogP contribution in [0, 0.1) is 5.82 Å². The third-order valence-electron chi connectivity index (χ3n) is 3.32. The standard InChI is InChI=1S/C17H18FN3O4/c1-9(2)21-17(25)13-15(23)14(22)12(8-19-13)16(24)20-7-10-3-5-11(18)6-4-10/h3-6,8-9,23H,7H2,1-2H3,(H,19,22)(H,20,24)(H,21,25). The van der Waals surface area contributed by atoms with Crippen LogP contribution in [0.1, 0.15) is 40.3 Å². The van der Waals surface area contributed by atoms with Crippen LogP contribution in [0.5, 0.6) is 5.75 Å². The van der Waals surface area contributed by atoms with E-state index >= 15 is 0 Å². The van der Waals surface area contributed by atoms with Gasteiger partial charge in [-0.2, -0.15) is 0 Å². The highest BCUT2D eigenvalue weighted by molar-refractivity contribution is 5.98. The third-order valence-corrected chi connectivity index (χ3v) is 3.32. The molecule has 0 fully saturated rings. The Hall–Kier alpha value is -3.16. The van der Waals surface area contributed by atoms with E-state index < -0.39 is 28.8 Å². The molecule has 132 valence electrons. The predicted molar refractivity (Wildman–Crippen MR) is 88.9 cm³/mol. The van der Waals surface area contributed by atoms with Crippen LogP contribution in [0.4, 0.5) is 4.39 Å². The lowest BCUT2D eigenvalue weighted by atomic mass is 10.2. The van der Waals surface area contributed by atoms with Crippen molar-refractivity contribution in [1.29, 1.82) is 0 Å². The minimum absolute atomic E-state index is 0.0783. The SMILES string of the molecule is CC(C)NC(=O)c1[nH]cc(C(=O)NCc2ccc(F)cc2)c(=O)c1O. The van der Waals surface area contributed by atoms with E-state index in [1.165, 1.54) is 24.3 Å². The van der Waals surface area contributed by atoms with Crippen molar-refractivity contribution < 1.29 is 19.1 Å². The van der Waals surface area contributed by atoms with Crippen molar-refractivity contribution in [2.45, 2.75) is 26.4 Å². The van der Waals surface area contributed by atoms with Crippen LogP contribution in [0.2, 0.25) is 0 Å². The number of aromatic hydroxyl groups is 1. The van der Waals surface area contributed by atoms with E-state index in [9.17, 15) is 23.9 Å². The molecule has 25 heavy (non-hydrogen) atoms. The number of aromatic nitrogens is 1. The number of hydrogen-bond donors (Lipinski definition) is 4. The largest absolute Gasteiger partial charge is 0.503 e. The van der Waals surface area contributed by atoms with E-state index in [0.717, 1.165) is 6.20 Å². The average Bonchev–Trinajstić information content (AvgIpc) is 2.55. The van der Waals surface area contributed by atoms with E-state index in [1.807, 2.05) is 0 Å². The Morgan fingerprint density at radius 3 is 2.44 bits per heavy atom. The van der Waals surface area contributed by atoms with Crippen LogP contribution in [0.25, 0.3) is 0 Å². The van der Waals surface area contributed by atoms with Crippen LogP contribution >= 0.6 is 0 Å². The minimum atomic E-state index is -0.954. The summed E-state index contributed by atoms with van der Waals surface area (Å²) in [7, 11) is 0. The number of nitrogens with one attached hydrogen (secondary N) is 3. The molecule has 7 nitrogen and oxygen atoms in total. The number of hydrogen-bond acceptors (Lipinski definition) is 4. The fourth-order valence-corrected chi connectivity index (χ4v) is 2.08. The maximum Gasteiger partial charge on any atom is 0.271 e. The monoisotopic (exact) mass is 347 g/mol. The number of H-pyrrole nitrogens is 1. The van der Waals surface area contributed by atoms with Gasteiger partial charge in [0.25, 0.3) is 11.8 Å². The summed E-state index contributed by atoms with van der Waals surface area (Å²) >= 11 is 0. The number of rotatable bonds is 5. The molecule has 0 spiro atoms. The van der Waals surface area contributed by atoms with Gasteiger partial charge in [-0.05, 0) is 31.5 Å². The zero-order valence-electron chi connectivity index (χ0n) is 13.7. The maximum atomic E-state index is 12.8.